The largest absolute Gasteiger partial charge is 0.508 e. The fraction of sp³-hybridized carbons (Fsp3) is 0.217. The number of anilines is 1. The van der Waals surface area contributed by atoms with Crippen LogP contribution in [-0.4, -0.2) is 32.6 Å². The lowest BCUT2D eigenvalue weighted by molar-refractivity contribution is 0.475. The van der Waals surface area contributed by atoms with Crippen LogP contribution >= 0.6 is 0 Å². The first-order chi connectivity index (χ1) is 14.2. The van der Waals surface area contributed by atoms with Crippen LogP contribution in [0.4, 0.5) is 10.2 Å². The molecular formula is C23H21FN4O. The molecule has 3 heterocycles. The van der Waals surface area contributed by atoms with Crippen LogP contribution in [-0.2, 0) is 0 Å². The Labute approximate surface area is 168 Å². The highest BCUT2D eigenvalue weighted by atomic mass is 19.1. The van der Waals surface area contributed by atoms with Crippen molar-refractivity contribution in [2.45, 2.75) is 19.3 Å². The summed E-state index contributed by atoms with van der Waals surface area (Å²) in [4.78, 5) is 11.9. The summed E-state index contributed by atoms with van der Waals surface area (Å²) in [6.07, 6.45) is 7.26. The highest BCUT2D eigenvalue weighted by molar-refractivity contribution is 5.84. The predicted molar refractivity (Wildman–Crippen MR) is 112 cm³/mol. The Morgan fingerprint density at radius 1 is 0.862 bits per heavy atom. The van der Waals surface area contributed by atoms with E-state index in [1.807, 2.05) is 22.7 Å². The monoisotopic (exact) mass is 388 g/mol. The van der Waals surface area contributed by atoms with Gasteiger partial charge in [-0.15, -0.1) is 0 Å². The van der Waals surface area contributed by atoms with Crippen molar-refractivity contribution in [3.05, 3.63) is 66.7 Å². The normalized spacial score (nSPS) is 14.4. The van der Waals surface area contributed by atoms with E-state index in [4.69, 9.17) is 4.98 Å². The van der Waals surface area contributed by atoms with Crippen LogP contribution in [0.3, 0.4) is 0 Å². The number of piperidine rings is 1. The zero-order valence-electron chi connectivity index (χ0n) is 15.9. The Morgan fingerprint density at radius 3 is 2.28 bits per heavy atom. The average Bonchev–Trinajstić information content (AvgIpc) is 3.15. The maximum Gasteiger partial charge on any atom is 0.181 e. The van der Waals surface area contributed by atoms with E-state index in [-0.39, 0.29) is 11.6 Å². The molecule has 1 fully saturated rings. The molecule has 146 valence electrons. The van der Waals surface area contributed by atoms with Crippen LogP contribution in [0, 0.1) is 5.82 Å². The maximum atomic E-state index is 13.5. The number of hydrogen-bond donors (Lipinski definition) is 1. The zero-order chi connectivity index (χ0) is 19.8. The summed E-state index contributed by atoms with van der Waals surface area (Å²) in [6, 6.07) is 13.4. The second-order valence-electron chi connectivity index (χ2n) is 7.35. The summed E-state index contributed by atoms with van der Waals surface area (Å²) in [5.74, 6) is 0.807. The molecule has 2 aromatic carbocycles. The Bertz CT molecular complexity index is 1150. The molecule has 0 unspecified atom stereocenters. The van der Waals surface area contributed by atoms with Crippen molar-refractivity contribution in [2.24, 2.45) is 0 Å². The molecule has 0 spiro atoms. The Balaban J connectivity index is 1.76. The van der Waals surface area contributed by atoms with Crippen LogP contribution in [0.25, 0.3) is 28.2 Å². The minimum absolute atomic E-state index is 0.210. The number of nitrogens with zero attached hydrogens (tertiary/aromatic N) is 4. The number of benzene rings is 2. The number of halogens is 1. The topological polar surface area (TPSA) is 53.7 Å². The molecule has 5 nitrogen and oxygen atoms in total. The fourth-order valence-electron chi connectivity index (χ4n) is 4.00. The minimum Gasteiger partial charge on any atom is -0.508 e. The van der Waals surface area contributed by atoms with E-state index in [2.05, 4.69) is 9.88 Å². The van der Waals surface area contributed by atoms with Gasteiger partial charge in [-0.05, 0) is 67.8 Å². The quantitative estimate of drug-likeness (QED) is 0.542. The maximum absolute atomic E-state index is 13.5. The van der Waals surface area contributed by atoms with Gasteiger partial charge in [0, 0.05) is 36.6 Å². The predicted octanol–water partition coefficient (Wildman–Crippen LogP) is 4.90. The van der Waals surface area contributed by atoms with Gasteiger partial charge in [0.1, 0.15) is 11.6 Å². The highest BCUT2D eigenvalue weighted by Crippen LogP contribution is 2.36. The van der Waals surface area contributed by atoms with E-state index in [0.717, 1.165) is 59.9 Å². The molecule has 1 aliphatic heterocycles. The van der Waals surface area contributed by atoms with Gasteiger partial charge < -0.3 is 10.0 Å². The van der Waals surface area contributed by atoms with Gasteiger partial charge in [0.2, 0.25) is 0 Å². The third kappa shape index (κ3) is 3.20. The third-order valence-electron chi connectivity index (χ3n) is 5.44. The lowest BCUT2D eigenvalue weighted by atomic mass is 10.0. The summed E-state index contributed by atoms with van der Waals surface area (Å²) in [7, 11) is 0. The second kappa shape index (κ2) is 7.20. The van der Waals surface area contributed by atoms with Crippen molar-refractivity contribution in [1.82, 2.24) is 14.4 Å². The van der Waals surface area contributed by atoms with Gasteiger partial charge in [-0.25, -0.2) is 14.4 Å². The van der Waals surface area contributed by atoms with Crippen LogP contribution in [0.2, 0.25) is 0 Å². The van der Waals surface area contributed by atoms with E-state index in [0.29, 0.717) is 0 Å². The first-order valence-corrected chi connectivity index (χ1v) is 9.88. The van der Waals surface area contributed by atoms with Gasteiger partial charge >= 0.3 is 0 Å². The number of rotatable bonds is 3. The van der Waals surface area contributed by atoms with Gasteiger partial charge in [0.25, 0.3) is 0 Å². The first-order valence-electron chi connectivity index (χ1n) is 9.88. The second-order valence-corrected chi connectivity index (χ2v) is 7.35. The van der Waals surface area contributed by atoms with Gasteiger partial charge in [0.15, 0.2) is 11.5 Å². The van der Waals surface area contributed by atoms with Crippen LogP contribution in [0.15, 0.2) is 60.9 Å². The molecule has 0 radical (unpaired) electrons. The summed E-state index contributed by atoms with van der Waals surface area (Å²) in [6.45, 7) is 1.94. The summed E-state index contributed by atoms with van der Waals surface area (Å²) in [5, 5.41) is 9.72. The molecule has 0 saturated carbocycles. The molecule has 0 amide bonds. The van der Waals surface area contributed by atoms with E-state index in [1.54, 1.807) is 30.5 Å². The van der Waals surface area contributed by atoms with Gasteiger partial charge in [-0.1, -0.05) is 0 Å². The molecule has 4 aromatic rings. The highest BCUT2D eigenvalue weighted by Gasteiger charge is 2.22. The third-order valence-corrected chi connectivity index (χ3v) is 5.44. The van der Waals surface area contributed by atoms with Crippen LogP contribution in [0.5, 0.6) is 5.75 Å². The van der Waals surface area contributed by atoms with Crippen molar-refractivity contribution in [3.63, 3.8) is 0 Å². The molecule has 6 heteroatoms. The van der Waals surface area contributed by atoms with E-state index in [1.165, 1.54) is 18.6 Å². The number of aromatic hydroxyl groups is 1. The van der Waals surface area contributed by atoms with Crippen molar-refractivity contribution in [3.8, 4) is 28.3 Å². The molecule has 5 rings (SSSR count). The smallest absolute Gasteiger partial charge is 0.181 e. The van der Waals surface area contributed by atoms with Crippen molar-refractivity contribution in [1.29, 1.82) is 0 Å². The Morgan fingerprint density at radius 2 is 1.55 bits per heavy atom. The average molecular weight is 388 g/mol. The number of phenolic OH excluding ortho intramolecular Hbond substituents is 1. The molecule has 29 heavy (non-hydrogen) atoms. The molecule has 0 bridgehead atoms. The molecule has 1 aliphatic rings. The molecule has 2 aromatic heterocycles. The number of imidazole rings is 1. The molecule has 1 N–H and O–H groups in total. The zero-order valence-corrected chi connectivity index (χ0v) is 15.9. The van der Waals surface area contributed by atoms with Gasteiger partial charge in [-0.2, -0.15) is 0 Å². The first kappa shape index (κ1) is 17.7. The van der Waals surface area contributed by atoms with Crippen molar-refractivity contribution < 1.29 is 9.50 Å². The molecular weight excluding hydrogens is 367 g/mol. The van der Waals surface area contributed by atoms with Crippen molar-refractivity contribution in [2.75, 3.05) is 18.0 Å². The number of hydrogen-bond acceptors (Lipinski definition) is 4. The lowest BCUT2D eigenvalue weighted by Crippen LogP contribution is -2.30. The number of phenols is 1. The van der Waals surface area contributed by atoms with Gasteiger partial charge in [0.05, 0.1) is 11.4 Å². The van der Waals surface area contributed by atoms with E-state index in [9.17, 15) is 9.50 Å². The lowest BCUT2D eigenvalue weighted by Gasteiger charge is -2.27. The number of fused-ring (bicyclic) bond motifs is 1. The van der Waals surface area contributed by atoms with Gasteiger partial charge in [-0.3, -0.25) is 4.40 Å². The summed E-state index contributed by atoms with van der Waals surface area (Å²) in [5.41, 5.74) is 4.21. The summed E-state index contributed by atoms with van der Waals surface area (Å²) < 4.78 is 15.6. The Hall–Kier alpha value is -3.41. The minimum atomic E-state index is -0.278. The Kier molecular flexibility index (Phi) is 4.39. The molecule has 1 saturated heterocycles. The van der Waals surface area contributed by atoms with E-state index >= 15 is 0 Å². The molecule has 0 atom stereocenters. The van der Waals surface area contributed by atoms with Crippen LogP contribution < -0.4 is 4.90 Å². The van der Waals surface area contributed by atoms with E-state index < -0.39 is 0 Å². The SMILES string of the molecule is Oc1ccc(-c2c(-c3ccc(F)cc3)nc3c(N4CCCCC4)nccn23)cc1. The van der Waals surface area contributed by atoms with Crippen LogP contribution in [0.1, 0.15) is 19.3 Å². The standard InChI is InChI=1S/C23H21FN4O/c24-18-8-4-16(5-9-18)20-21(17-6-10-19(29)11-7-17)28-15-12-25-22(23(28)26-20)27-13-2-1-3-14-27/h4-12,15,29H,1-3,13-14H2. The number of aromatic nitrogens is 3. The summed E-state index contributed by atoms with van der Waals surface area (Å²) >= 11 is 0. The molecule has 0 aliphatic carbocycles. The van der Waals surface area contributed by atoms with Crippen molar-refractivity contribution >= 4 is 11.5 Å². The fourth-order valence-corrected chi connectivity index (χ4v) is 4.00.